The fourth-order valence-corrected chi connectivity index (χ4v) is 4.21. The summed E-state index contributed by atoms with van der Waals surface area (Å²) in [6.07, 6.45) is 2.64. The lowest BCUT2D eigenvalue weighted by Crippen LogP contribution is -2.42. The van der Waals surface area contributed by atoms with Crippen LogP contribution in [0.15, 0.2) is 40.8 Å². The van der Waals surface area contributed by atoms with E-state index in [9.17, 15) is 5.26 Å². The van der Waals surface area contributed by atoms with Gasteiger partial charge in [-0.05, 0) is 50.1 Å². The van der Waals surface area contributed by atoms with Gasteiger partial charge in [0.25, 0.3) is 0 Å². The average Bonchev–Trinajstić information content (AvgIpc) is 2.90. The minimum atomic E-state index is 0.633. The van der Waals surface area contributed by atoms with Crippen LogP contribution >= 0.6 is 0 Å². The van der Waals surface area contributed by atoms with Crippen molar-refractivity contribution < 1.29 is 4.42 Å². The predicted molar refractivity (Wildman–Crippen MR) is 93.3 cm³/mol. The van der Waals surface area contributed by atoms with E-state index in [0.29, 0.717) is 11.6 Å². The Bertz CT molecular complexity index is 760. The van der Waals surface area contributed by atoms with Gasteiger partial charge in [-0.1, -0.05) is 12.1 Å². The highest BCUT2D eigenvalue weighted by Gasteiger charge is 2.33. The molecule has 3 saturated heterocycles. The molecule has 2 bridgehead atoms. The molecule has 0 saturated carbocycles. The smallest absolute Gasteiger partial charge is 0.135 e. The summed E-state index contributed by atoms with van der Waals surface area (Å²) in [5, 5.41) is 9.27. The van der Waals surface area contributed by atoms with Crippen LogP contribution in [0.1, 0.15) is 24.2 Å². The maximum absolute atomic E-state index is 9.27. The van der Waals surface area contributed by atoms with Gasteiger partial charge in [0.05, 0.1) is 18.2 Å². The quantitative estimate of drug-likeness (QED) is 0.869. The lowest BCUT2D eigenvalue weighted by Gasteiger charge is -2.35. The van der Waals surface area contributed by atoms with Crippen molar-refractivity contribution in [2.75, 3.05) is 26.7 Å². The molecule has 4 nitrogen and oxygen atoms in total. The second-order valence-electron chi connectivity index (χ2n) is 7.17. The number of benzene rings is 1. The van der Waals surface area contributed by atoms with Crippen LogP contribution in [0.3, 0.4) is 0 Å². The summed E-state index contributed by atoms with van der Waals surface area (Å²) in [5.74, 6) is 2.56. The van der Waals surface area contributed by atoms with Gasteiger partial charge in [-0.15, -0.1) is 0 Å². The molecule has 5 rings (SSSR count). The number of furan rings is 1. The minimum absolute atomic E-state index is 0.633. The van der Waals surface area contributed by atoms with Crippen molar-refractivity contribution in [2.45, 2.75) is 25.4 Å². The minimum Gasteiger partial charge on any atom is -0.460 e. The van der Waals surface area contributed by atoms with Crippen molar-refractivity contribution in [1.29, 1.82) is 5.26 Å². The molecule has 0 radical (unpaired) electrons. The maximum atomic E-state index is 9.27. The summed E-state index contributed by atoms with van der Waals surface area (Å²) >= 11 is 0. The lowest BCUT2D eigenvalue weighted by atomic mass is 9.95. The molecule has 4 heterocycles. The molecule has 24 heavy (non-hydrogen) atoms. The van der Waals surface area contributed by atoms with Crippen molar-refractivity contribution in [3.8, 4) is 17.4 Å². The van der Waals surface area contributed by atoms with Gasteiger partial charge in [-0.25, -0.2) is 0 Å². The van der Waals surface area contributed by atoms with Gasteiger partial charge in [0.1, 0.15) is 11.5 Å². The van der Waals surface area contributed by atoms with Crippen LogP contribution in [0, 0.1) is 17.2 Å². The Morgan fingerprint density at radius 1 is 1.12 bits per heavy atom. The largest absolute Gasteiger partial charge is 0.460 e. The van der Waals surface area contributed by atoms with Gasteiger partial charge in [0.15, 0.2) is 0 Å². The van der Waals surface area contributed by atoms with Crippen molar-refractivity contribution in [3.05, 3.63) is 47.7 Å². The van der Waals surface area contributed by atoms with Gasteiger partial charge >= 0.3 is 0 Å². The van der Waals surface area contributed by atoms with Crippen LogP contribution < -0.4 is 0 Å². The Kier molecular flexibility index (Phi) is 4.13. The molecule has 3 aliphatic heterocycles. The standard InChI is InChI=1S/C20H23N3O/c1-22-11-15-6-7-17(13-22)23(12-15)14-18-8-9-20(24-18)19-5-3-2-4-16(19)10-21/h2-5,8-9,15,17H,6-7,11-14H2,1H3/t15-,17+/m1/s1. The van der Waals surface area contributed by atoms with Crippen LogP contribution in [0.5, 0.6) is 0 Å². The fraction of sp³-hybridized carbons (Fsp3) is 0.450. The molecular weight excluding hydrogens is 298 g/mol. The molecule has 0 aliphatic carbocycles. The van der Waals surface area contributed by atoms with E-state index in [1.807, 2.05) is 30.3 Å². The summed E-state index contributed by atoms with van der Waals surface area (Å²) in [5.41, 5.74) is 1.54. The zero-order valence-corrected chi connectivity index (χ0v) is 14.1. The average molecular weight is 321 g/mol. The number of nitriles is 1. The molecule has 2 atom stereocenters. The van der Waals surface area contributed by atoms with Gasteiger partial charge < -0.3 is 9.32 Å². The van der Waals surface area contributed by atoms with Crippen molar-refractivity contribution in [1.82, 2.24) is 9.80 Å². The highest BCUT2D eigenvalue weighted by atomic mass is 16.3. The molecule has 1 aromatic heterocycles. The van der Waals surface area contributed by atoms with Crippen molar-refractivity contribution >= 4 is 0 Å². The molecule has 0 spiro atoms. The number of piperidine rings is 1. The number of fused-ring (bicyclic) bond motifs is 4. The Morgan fingerprint density at radius 2 is 2.00 bits per heavy atom. The highest BCUT2D eigenvalue weighted by Crippen LogP contribution is 2.30. The van der Waals surface area contributed by atoms with Crippen LogP contribution in [-0.2, 0) is 6.54 Å². The van der Waals surface area contributed by atoms with E-state index in [1.165, 1.54) is 25.9 Å². The van der Waals surface area contributed by atoms with E-state index in [2.05, 4.69) is 29.0 Å². The van der Waals surface area contributed by atoms with E-state index in [1.54, 1.807) is 0 Å². The Balaban J connectivity index is 1.53. The number of likely N-dealkylation sites (N-methyl/N-ethyl adjacent to an activating group) is 1. The monoisotopic (exact) mass is 321 g/mol. The van der Waals surface area contributed by atoms with Gasteiger partial charge in [0.2, 0.25) is 0 Å². The second-order valence-corrected chi connectivity index (χ2v) is 7.17. The van der Waals surface area contributed by atoms with Crippen molar-refractivity contribution in [2.24, 2.45) is 5.92 Å². The van der Waals surface area contributed by atoms with E-state index in [0.717, 1.165) is 36.1 Å². The predicted octanol–water partition coefficient (Wildman–Crippen LogP) is 3.34. The lowest BCUT2D eigenvalue weighted by molar-refractivity contribution is 0.116. The first-order chi connectivity index (χ1) is 11.7. The summed E-state index contributed by atoms with van der Waals surface area (Å²) in [6.45, 7) is 4.40. The van der Waals surface area contributed by atoms with Gasteiger partial charge in [0, 0.05) is 31.2 Å². The molecule has 124 valence electrons. The zero-order valence-electron chi connectivity index (χ0n) is 14.1. The molecule has 4 heteroatoms. The number of rotatable bonds is 3. The summed E-state index contributed by atoms with van der Waals surface area (Å²) in [6, 6.07) is 14.5. The topological polar surface area (TPSA) is 43.4 Å². The Morgan fingerprint density at radius 3 is 2.88 bits per heavy atom. The van der Waals surface area contributed by atoms with Crippen LogP contribution in [0.25, 0.3) is 11.3 Å². The Hall–Kier alpha value is -2.09. The highest BCUT2D eigenvalue weighted by molar-refractivity contribution is 5.66. The summed E-state index contributed by atoms with van der Waals surface area (Å²) in [7, 11) is 2.23. The normalized spacial score (nSPS) is 24.7. The van der Waals surface area contributed by atoms with Crippen LogP contribution in [0.2, 0.25) is 0 Å². The molecule has 3 fully saturated rings. The second kappa shape index (κ2) is 6.43. The van der Waals surface area contributed by atoms with E-state index in [4.69, 9.17) is 4.42 Å². The number of nitrogens with zero attached hydrogens (tertiary/aromatic N) is 3. The van der Waals surface area contributed by atoms with E-state index >= 15 is 0 Å². The first-order valence-corrected chi connectivity index (χ1v) is 8.74. The zero-order chi connectivity index (χ0) is 16.5. The molecule has 1 aromatic carbocycles. The summed E-state index contributed by atoms with van der Waals surface area (Å²) in [4.78, 5) is 5.05. The third kappa shape index (κ3) is 2.98. The van der Waals surface area contributed by atoms with Gasteiger partial charge in [-0.3, -0.25) is 4.90 Å². The first kappa shape index (κ1) is 15.4. The SMILES string of the molecule is CN1C[C@H]2CC[C@@H](C1)N(Cc1ccc(-c3ccccc3C#N)o1)C2. The van der Waals surface area contributed by atoms with E-state index in [-0.39, 0.29) is 0 Å². The van der Waals surface area contributed by atoms with Gasteiger partial charge in [-0.2, -0.15) is 5.26 Å². The molecule has 3 aliphatic rings. The third-order valence-corrected chi connectivity index (χ3v) is 5.34. The Labute approximate surface area is 143 Å². The van der Waals surface area contributed by atoms with Crippen molar-refractivity contribution in [3.63, 3.8) is 0 Å². The summed E-state index contributed by atoms with van der Waals surface area (Å²) < 4.78 is 6.08. The van der Waals surface area contributed by atoms with E-state index < -0.39 is 0 Å². The molecule has 0 unspecified atom stereocenters. The van der Waals surface area contributed by atoms with Crippen LogP contribution in [0.4, 0.5) is 0 Å². The maximum Gasteiger partial charge on any atom is 0.135 e. The molecule has 2 aromatic rings. The third-order valence-electron chi connectivity index (χ3n) is 5.34. The fourth-order valence-electron chi connectivity index (χ4n) is 4.21. The number of hydrogen-bond acceptors (Lipinski definition) is 4. The molecular formula is C20H23N3O. The van der Waals surface area contributed by atoms with Crippen LogP contribution in [-0.4, -0.2) is 42.5 Å². The molecule has 0 amide bonds. The molecule has 0 N–H and O–H groups in total. The first-order valence-electron chi connectivity index (χ1n) is 8.74. The number of hydrogen-bond donors (Lipinski definition) is 0.